The van der Waals surface area contributed by atoms with Gasteiger partial charge in [-0.05, 0) is 28.1 Å². The normalized spacial score (nSPS) is 14.7. The lowest BCUT2D eigenvalue weighted by Crippen LogP contribution is -2.43. The summed E-state index contributed by atoms with van der Waals surface area (Å²) in [6.45, 7) is 3.53. The molecule has 11 heteroatoms. The molecule has 0 radical (unpaired) electrons. The molecule has 1 amide bonds. The van der Waals surface area contributed by atoms with Gasteiger partial charge in [0.15, 0.2) is 5.65 Å². The van der Waals surface area contributed by atoms with E-state index >= 15 is 0 Å². The van der Waals surface area contributed by atoms with E-state index in [1.807, 2.05) is 0 Å². The van der Waals surface area contributed by atoms with Crippen LogP contribution in [0.3, 0.4) is 0 Å². The molecular formula is C19H19BrFN5O4. The van der Waals surface area contributed by atoms with E-state index in [-0.39, 0.29) is 24.0 Å². The fourth-order valence-corrected chi connectivity index (χ4v) is 3.52. The average molecular weight is 480 g/mol. The van der Waals surface area contributed by atoms with Crippen LogP contribution < -0.4 is 9.64 Å². The zero-order chi connectivity index (χ0) is 21.1. The molecule has 9 nitrogen and oxygen atoms in total. The molecule has 1 saturated heterocycles. The van der Waals surface area contributed by atoms with Crippen LogP contribution >= 0.6 is 15.9 Å². The highest BCUT2D eigenvalue weighted by molar-refractivity contribution is 9.10. The van der Waals surface area contributed by atoms with E-state index in [1.165, 1.54) is 39.9 Å². The number of fused-ring (bicyclic) bond motifs is 1. The maximum Gasteiger partial charge on any atom is 0.413 e. The number of benzene rings is 1. The summed E-state index contributed by atoms with van der Waals surface area (Å²) in [5.74, 6) is 0.209. The Labute approximate surface area is 179 Å². The molecule has 0 spiro atoms. The molecule has 1 aromatic carbocycles. The summed E-state index contributed by atoms with van der Waals surface area (Å²) in [6.07, 6.45) is 0.402. The van der Waals surface area contributed by atoms with Crippen molar-refractivity contribution in [2.45, 2.75) is 0 Å². The molecule has 0 aliphatic carbocycles. The Morgan fingerprint density at radius 1 is 1.33 bits per heavy atom. The second kappa shape index (κ2) is 8.94. The maximum absolute atomic E-state index is 13.5. The van der Waals surface area contributed by atoms with Crippen LogP contribution in [-0.2, 0) is 4.74 Å². The number of morpholine rings is 1. The summed E-state index contributed by atoms with van der Waals surface area (Å²) < 4.78 is 26.5. The molecule has 1 N–H and O–H groups in total. The summed E-state index contributed by atoms with van der Waals surface area (Å²) in [6, 6.07) is 7.12. The van der Waals surface area contributed by atoms with E-state index in [1.54, 1.807) is 6.07 Å². The first-order valence-corrected chi connectivity index (χ1v) is 10.1. The van der Waals surface area contributed by atoms with Crippen LogP contribution in [0, 0.1) is 5.82 Å². The fraction of sp³-hybridized carbons (Fsp3) is 0.316. The molecule has 0 atom stereocenters. The van der Waals surface area contributed by atoms with Crippen LogP contribution in [0.4, 0.5) is 15.0 Å². The molecule has 1 fully saturated rings. The van der Waals surface area contributed by atoms with Crippen LogP contribution in [0.25, 0.3) is 5.65 Å². The van der Waals surface area contributed by atoms with Crippen molar-refractivity contribution in [2.24, 2.45) is 0 Å². The Morgan fingerprint density at radius 3 is 2.87 bits per heavy atom. The van der Waals surface area contributed by atoms with Crippen molar-refractivity contribution in [3.8, 4) is 11.6 Å². The molecule has 3 heterocycles. The molecular weight excluding hydrogens is 461 g/mol. The van der Waals surface area contributed by atoms with E-state index in [4.69, 9.17) is 9.47 Å². The SMILES string of the molecule is O=C(O)N(CCN1CCOCC1)c1cc(Oc2cccc(F)c2)nc2c(Br)cnn12. The summed E-state index contributed by atoms with van der Waals surface area (Å²) in [5.41, 5.74) is 0.386. The van der Waals surface area contributed by atoms with Crippen molar-refractivity contribution in [1.29, 1.82) is 0 Å². The van der Waals surface area contributed by atoms with Gasteiger partial charge >= 0.3 is 6.09 Å². The number of carbonyl (C=O) groups is 1. The monoisotopic (exact) mass is 479 g/mol. The molecule has 3 aromatic rings. The highest BCUT2D eigenvalue weighted by atomic mass is 79.9. The largest absolute Gasteiger partial charge is 0.465 e. The van der Waals surface area contributed by atoms with Gasteiger partial charge in [-0.1, -0.05) is 6.07 Å². The van der Waals surface area contributed by atoms with Gasteiger partial charge in [0.1, 0.15) is 17.4 Å². The quantitative estimate of drug-likeness (QED) is 0.579. The molecule has 1 aliphatic heterocycles. The number of hydrogen-bond acceptors (Lipinski definition) is 6. The number of anilines is 1. The predicted octanol–water partition coefficient (Wildman–Crippen LogP) is 3.24. The molecule has 158 valence electrons. The second-order valence-corrected chi connectivity index (χ2v) is 7.48. The van der Waals surface area contributed by atoms with E-state index < -0.39 is 11.9 Å². The number of hydrogen-bond donors (Lipinski definition) is 1. The zero-order valence-electron chi connectivity index (χ0n) is 15.9. The Kier molecular flexibility index (Phi) is 6.11. The van der Waals surface area contributed by atoms with Gasteiger partial charge in [-0.15, -0.1) is 0 Å². The lowest BCUT2D eigenvalue weighted by Gasteiger charge is -2.29. The molecule has 0 unspecified atom stereocenters. The van der Waals surface area contributed by atoms with Gasteiger partial charge in [0.05, 0.1) is 23.9 Å². The second-order valence-electron chi connectivity index (χ2n) is 6.63. The number of nitrogens with zero attached hydrogens (tertiary/aromatic N) is 5. The van der Waals surface area contributed by atoms with Gasteiger partial charge < -0.3 is 14.6 Å². The topological polar surface area (TPSA) is 92.4 Å². The van der Waals surface area contributed by atoms with Crippen LogP contribution in [0.15, 0.2) is 41.0 Å². The number of aromatic nitrogens is 3. The van der Waals surface area contributed by atoms with E-state index in [2.05, 4.69) is 30.9 Å². The van der Waals surface area contributed by atoms with E-state index in [9.17, 15) is 14.3 Å². The number of amides is 1. The predicted molar refractivity (Wildman–Crippen MR) is 110 cm³/mol. The summed E-state index contributed by atoms with van der Waals surface area (Å²) in [4.78, 5) is 19.8. The number of halogens is 2. The lowest BCUT2D eigenvalue weighted by molar-refractivity contribution is 0.0392. The third-order valence-electron chi connectivity index (χ3n) is 4.66. The van der Waals surface area contributed by atoms with Crippen molar-refractivity contribution in [3.05, 3.63) is 46.8 Å². The number of ether oxygens (including phenoxy) is 2. The zero-order valence-corrected chi connectivity index (χ0v) is 17.5. The minimum atomic E-state index is -1.13. The first kappa shape index (κ1) is 20.5. The highest BCUT2D eigenvalue weighted by Crippen LogP contribution is 2.29. The molecule has 0 saturated carbocycles. The van der Waals surface area contributed by atoms with E-state index in [0.29, 0.717) is 29.9 Å². The minimum absolute atomic E-state index is 0.127. The lowest BCUT2D eigenvalue weighted by atomic mass is 10.3. The van der Waals surface area contributed by atoms with Crippen LogP contribution in [0.1, 0.15) is 0 Å². The Hall–Kier alpha value is -2.76. The molecule has 30 heavy (non-hydrogen) atoms. The van der Waals surface area contributed by atoms with Crippen molar-refractivity contribution >= 4 is 33.5 Å². The number of carboxylic acid groups (broad SMARTS) is 1. The van der Waals surface area contributed by atoms with Gasteiger partial charge in [0.25, 0.3) is 0 Å². The molecule has 1 aliphatic rings. The van der Waals surface area contributed by atoms with Crippen LogP contribution in [0.5, 0.6) is 11.6 Å². The first-order valence-electron chi connectivity index (χ1n) is 9.29. The average Bonchev–Trinajstić information content (AvgIpc) is 3.10. The van der Waals surface area contributed by atoms with E-state index in [0.717, 1.165) is 13.1 Å². The fourth-order valence-electron chi connectivity index (χ4n) is 3.17. The summed E-state index contributed by atoms with van der Waals surface area (Å²) in [7, 11) is 0. The van der Waals surface area contributed by atoms with Crippen molar-refractivity contribution in [1.82, 2.24) is 19.5 Å². The van der Waals surface area contributed by atoms with Crippen LogP contribution in [-0.4, -0.2) is 70.1 Å². The summed E-state index contributed by atoms with van der Waals surface area (Å²) >= 11 is 3.37. The molecule has 4 rings (SSSR count). The standard InChI is InChI=1S/C19H19BrFN5O4/c20-15-12-22-26-17(25(19(27)28)5-4-24-6-8-29-9-7-24)11-16(23-18(15)26)30-14-3-1-2-13(21)10-14/h1-3,10-12H,4-9H2,(H,27,28). The Bertz CT molecular complexity index is 1060. The highest BCUT2D eigenvalue weighted by Gasteiger charge is 2.23. The van der Waals surface area contributed by atoms with Gasteiger partial charge in [-0.25, -0.2) is 9.18 Å². The van der Waals surface area contributed by atoms with Gasteiger partial charge in [0.2, 0.25) is 5.88 Å². The Balaban J connectivity index is 1.66. The van der Waals surface area contributed by atoms with Crippen molar-refractivity contribution in [3.63, 3.8) is 0 Å². The van der Waals surface area contributed by atoms with Crippen molar-refractivity contribution in [2.75, 3.05) is 44.3 Å². The van der Waals surface area contributed by atoms with Crippen LogP contribution in [0.2, 0.25) is 0 Å². The van der Waals surface area contributed by atoms with Gasteiger partial charge in [-0.3, -0.25) is 9.80 Å². The third kappa shape index (κ3) is 4.53. The maximum atomic E-state index is 13.5. The first-order chi connectivity index (χ1) is 14.5. The van der Waals surface area contributed by atoms with Gasteiger partial charge in [-0.2, -0.15) is 14.6 Å². The third-order valence-corrected chi connectivity index (χ3v) is 5.22. The summed E-state index contributed by atoms with van der Waals surface area (Å²) in [5, 5.41) is 14.1. The minimum Gasteiger partial charge on any atom is -0.465 e. The molecule has 0 bridgehead atoms. The molecule has 2 aromatic heterocycles. The van der Waals surface area contributed by atoms with Crippen molar-refractivity contribution < 1.29 is 23.8 Å². The Morgan fingerprint density at radius 2 is 2.13 bits per heavy atom. The smallest absolute Gasteiger partial charge is 0.413 e. The van der Waals surface area contributed by atoms with Gasteiger partial charge in [0, 0.05) is 38.3 Å². The number of rotatable bonds is 6.